The van der Waals surface area contributed by atoms with Crippen LogP contribution in [0.4, 0.5) is 0 Å². The van der Waals surface area contributed by atoms with Crippen LogP contribution in [0.2, 0.25) is 0 Å². The van der Waals surface area contributed by atoms with Crippen LogP contribution in [0.15, 0.2) is 11.6 Å². The average Bonchev–Trinajstić information content (AvgIpc) is 3.14. The van der Waals surface area contributed by atoms with Gasteiger partial charge in [-0.05, 0) is 66.6 Å². The second-order valence-corrected chi connectivity index (χ2v) is 11.2. The first-order valence-corrected chi connectivity index (χ1v) is 11.8. The smallest absolute Gasteiger partial charge is 0.333 e. The highest BCUT2D eigenvalue weighted by atomic mass is 16.6. The maximum absolute atomic E-state index is 11.5. The lowest BCUT2D eigenvalue weighted by atomic mass is 9.52. The normalized spacial score (nSPS) is 39.2. The Morgan fingerprint density at radius 3 is 2.52 bits per heavy atom. The van der Waals surface area contributed by atoms with Crippen LogP contribution in [0.25, 0.3) is 0 Å². The summed E-state index contributed by atoms with van der Waals surface area (Å²) >= 11 is 0. The fourth-order valence-corrected chi connectivity index (χ4v) is 7.28. The van der Waals surface area contributed by atoms with Crippen LogP contribution >= 0.6 is 0 Å². The molecule has 0 spiro atoms. The average molecular weight is 407 g/mol. The monoisotopic (exact) mass is 406 g/mol. The number of carbonyl (C=O) groups excluding carboxylic acids is 1. The van der Waals surface area contributed by atoms with E-state index >= 15 is 0 Å². The predicted molar refractivity (Wildman–Crippen MR) is 115 cm³/mol. The zero-order valence-electron chi connectivity index (χ0n) is 19.1. The van der Waals surface area contributed by atoms with E-state index in [9.17, 15) is 15.0 Å². The third-order valence-corrected chi connectivity index (χ3v) is 8.68. The molecule has 0 aromatic carbocycles. The van der Waals surface area contributed by atoms with Gasteiger partial charge < -0.3 is 14.9 Å². The number of rotatable bonds is 8. The lowest BCUT2D eigenvalue weighted by Crippen LogP contribution is -2.46. The molecule has 0 saturated heterocycles. The van der Waals surface area contributed by atoms with Gasteiger partial charge in [0, 0.05) is 11.6 Å². The maximum atomic E-state index is 11.5. The Kier molecular flexibility index (Phi) is 6.85. The van der Waals surface area contributed by atoms with Crippen molar-refractivity contribution in [2.45, 2.75) is 105 Å². The number of carbonyl (C=O) groups is 1. The Bertz CT molecular complexity index is 626. The first-order valence-electron chi connectivity index (χ1n) is 11.8. The highest BCUT2D eigenvalue weighted by Gasteiger charge is 2.57. The molecule has 4 nitrogen and oxygen atoms in total. The van der Waals surface area contributed by atoms with Crippen molar-refractivity contribution in [3.05, 3.63) is 11.6 Å². The third kappa shape index (κ3) is 4.58. The lowest BCUT2D eigenvalue weighted by Gasteiger charge is -2.53. The number of aliphatic hydroxyl groups is 2. The van der Waals surface area contributed by atoms with Crippen LogP contribution < -0.4 is 0 Å². The van der Waals surface area contributed by atoms with Crippen molar-refractivity contribution >= 4 is 5.97 Å². The molecule has 7 atom stereocenters. The molecule has 0 aromatic rings. The van der Waals surface area contributed by atoms with Crippen molar-refractivity contribution in [2.24, 2.45) is 34.5 Å². The van der Waals surface area contributed by atoms with Gasteiger partial charge in [0.2, 0.25) is 6.29 Å². The van der Waals surface area contributed by atoms with E-state index in [1.165, 1.54) is 51.0 Å². The molecular formula is C25H42O4. The minimum atomic E-state index is -1.28. The highest BCUT2D eigenvalue weighted by Crippen LogP contribution is 2.65. The van der Waals surface area contributed by atoms with E-state index in [2.05, 4.69) is 34.6 Å². The fraction of sp³-hybridized carbons (Fsp3) is 0.880. The van der Waals surface area contributed by atoms with E-state index in [0.717, 1.165) is 24.2 Å². The molecule has 2 N–H and O–H groups in total. The molecule has 3 rings (SSSR count). The zero-order chi connectivity index (χ0) is 21.4. The van der Waals surface area contributed by atoms with Gasteiger partial charge in [-0.3, -0.25) is 0 Å². The van der Waals surface area contributed by atoms with Gasteiger partial charge in [0.05, 0.1) is 6.10 Å². The van der Waals surface area contributed by atoms with Crippen LogP contribution in [0.3, 0.4) is 0 Å². The summed E-state index contributed by atoms with van der Waals surface area (Å²) in [6, 6.07) is 0. The molecule has 2 saturated carbocycles. The Morgan fingerprint density at radius 1 is 1.17 bits per heavy atom. The summed E-state index contributed by atoms with van der Waals surface area (Å²) < 4.78 is 4.79. The number of hydrogen-bond acceptors (Lipinski definition) is 4. The van der Waals surface area contributed by atoms with Gasteiger partial charge in [0.25, 0.3) is 0 Å². The van der Waals surface area contributed by atoms with E-state index in [1.54, 1.807) is 0 Å². The highest BCUT2D eigenvalue weighted by molar-refractivity contribution is 5.85. The molecule has 0 aromatic heterocycles. The molecule has 2 fully saturated rings. The topological polar surface area (TPSA) is 66.8 Å². The second kappa shape index (κ2) is 8.70. The summed E-state index contributed by atoms with van der Waals surface area (Å²) in [6.07, 6.45) is 9.86. The van der Waals surface area contributed by atoms with Crippen molar-refractivity contribution in [1.82, 2.24) is 0 Å². The number of cyclic esters (lactones) is 1. The van der Waals surface area contributed by atoms with E-state index < -0.39 is 18.4 Å². The van der Waals surface area contributed by atoms with Crippen LogP contribution in [0, 0.1) is 34.5 Å². The Balaban J connectivity index is 1.70. The van der Waals surface area contributed by atoms with Gasteiger partial charge in [-0.25, -0.2) is 4.79 Å². The van der Waals surface area contributed by atoms with E-state index in [1.807, 2.05) is 0 Å². The number of ether oxygens (including phenoxy) is 1. The predicted octanol–water partition coefficient (Wildman–Crippen LogP) is 5.22. The molecule has 3 aliphatic rings. The Hall–Kier alpha value is -0.870. The zero-order valence-corrected chi connectivity index (χ0v) is 19.1. The van der Waals surface area contributed by atoms with Gasteiger partial charge in [-0.1, -0.05) is 60.3 Å². The minimum Gasteiger partial charge on any atom is -0.429 e. The standard InChI is InChI=1S/C25H42O4/c1-16(2)8-6-9-17(3)19-10-11-21-24(4,12-7-13-25(19,21)5)15-20(26)18-14-22(27)29-23(18)28/h14,16-17,19-21,23,26,28H,6-13,15H2,1-5H3/t17-,19-,20+,21?,23?,24+,25-/m1/s1. The van der Waals surface area contributed by atoms with E-state index in [4.69, 9.17) is 4.74 Å². The summed E-state index contributed by atoms with van der Waals surface area (Å²) in [4.78, 5) is 11.5. The Morgan fingerprint density at radius 2 is 1.90 bits per heavy atom. The molecule has 166 valence electrons. The van der Waals surface area contributed by atoms with Gasteiger partial charge in [-0.15, -0.1) is 0 Å². The second-order valence-electron chi connectivity index (χ2n) is 11.2. The number of hydrogen-bond donors (Lipinski definition) is 2. The summed E-state index contributed by atoms with van der Waals surface area (Å²) in [5.74, 6) is 2.33. The van der Waals surface area contributed by atoms with Gasteiger partial charge >= 0.3 is 5.97 Å². The molecular weight excluding hydrogens is 364 g/mol. The van der Waals surface area contributed by atoms with Crippen LogP contribution in [-0.4, -0.2) is 28.6 Å². The first kappa shape index (κ1) is 22.8. The van der Waals surface area contributed by atoms with Crippen molar-refractivity contribution in [2.75, 3.05) is 0 Å². The number of aliphatic hydroxyl groups excluding tert-OH is 2. The Labute approximate surface area is 177 Å². The molecule has 0 radical (unpaired) electrons. The number of esters is 1. The number of fused-ring (bicyclic) bond motifs is 1. The van der Waals surface area contributed by atoms with Crippen molar-refractivity contribution < 1.29 is 19.7 Å². The molecule has 2 aliphatic carbocycles. The van der Waals surface area contributed by atoms with Gasteiger partial charge in [0.15, 0.2) is 0 Å². The van der Waals surface area contributed by atoms with Crippen LogP contribution in [-0.2, 0) is 9.53 Å². The largest absolute Gasteiger partial charge is 0.429 e. The lowest BCUT2D eigenvalue weighted by molar-refractivity contribution is -0.152. The third-order valence-electron chi connectivity index (χ3n) is 8.68. The van der Waals surface area contributed by atoms with Gasteiger partial charge in [0.1, 0.15) is 0 Å². The fourth-order valence-electron chi connectivity index (χ4n) is 7.28. The summed E-state index contributed by atoms with van der Waals surface area (Å²) in [7, 11) is 0. The first-order chi connectivity index (χ1) is 13.6. The molecule has 1 heterocycles. The summed E-state index contributed by atoms with van der Waals surface area (Å²) in [5, 5.41) is 20.8. The molecule has 29 heavy (non-hydrogen) atoms. The van der Waals surface area contributed by atoms with Crippen molar-refractivity contribution in [1.29, 1.82) is 0 Å². The summed E-state index contributed by atoms with van der Waals surface area (Å²) in [5.41, 5.74) is 0.698. The van der Waals surface area contributed by atoms with E-state index in [0.29, 0.717) is 23.3 Å². The van der Waals surface area contributed by atoms with Crippen molar-refractivity contribution in [3.8, 4) is 0 Å². The van der Waals surface area contributed by atoms with Crippen LogP contribution in [0.1, 0.15) is 92.4 Å². The van der Waals surface area contributed by atoms with Crippen molar-refractivity contribution in [3.63, 3.8) is 0 Å². The molecule has 0 bridgehead atoms. The molecule has 0 amide bonds. The van der Waals surface area contributed by atoms with E-state index in [-0.39, 0.29) is 5.41 Å². The SMILES string of the molecule is CC(C)CCC[C@@H](C)[C@H]1CCC2[C@](C)(C[C@H](O)C3=CC(=O)OC3O)CCC[C@@]21C. The minimum absolute atomic E-state index is 0.0328. The molecule has 2 unspecified atom stereocenters. The maximum Gasteiger partial charge on any atom is 0.333 e. The quantitative estimate of drug-likeness (QED) is 0.542. The molecule has 1 aliphatic heterocycles. The summed E-state index contributed by atoms with van der Waals surface area (Å²) in [6.45, 7) is 11.9. The van der Waals surface area contributed by atoms with Crippen LogP contribution in [0.5, 0.6) is 0 Å². The molecule has 4 heteroatoms. The van der Waals surface area contributed by atoms with Gasteiger partial charge in [-0.2, -0.15) is 0 Å².